The number of rotatable bonds is 2. The minimum Gasteiger partial charge on any atom is -0.370 e. The van der Waals surface area contributed by atoms with E-state index in [4.69, 9.17) is 16.3 Å². The van der Waals surface area contributed by atoms with E-state index in [2.05, 4.69) is 24.4 Å². The highest BCUT2D eigenvalue weighted by molar-refractivity contribution is 6.30. The number of morpholine rings is 1. The molecule has 1 N–H and O–H groups in total. The van der Waals surface area contributed by atoms with E-state index < -0.39 is 0 Å². The highest BCUT2D eigenvalue weighted by Crippen LogP contribution is 2.26. The van der Waals surface area contributed by atoms with Crippen LogP contribution in [0.15, 0.2) is 36.4 Å². The van der Waals surface area contributed by atoms with Gasteiger partial charge < -0.3 is 15.0 Å². The van der Waals surface area contributed by atoms with Crippen LogP contribution in [-0.4, -0.2) is 30.6 Å². The van der Waals surface area contributed by atoms with Gasteiger partial charge in [0.2, 0.25) is 0 Å². The number of amides is 2. The van der Waals surface area contributed by atoms with Crippen LogP contribution in [0.4, 0.5) is 10.5 Å². The predicted molar refractivity (Wildman–Crippen MR) is 101 cm³/mol. The summed E-state index contributed by atoms with van der Waals surface area (Å²) in [6.45, 7) is 7.73. The van der Waals surface area contributed by atoms with Crippen molar-refractivity contribution in [1.82, 2.24) is 4.90 Å². The first kappa shape index (κ1) is 17.8. The second kappa shape index (κ2) is 7.46. The number of ether oxygens (including phenoxy) is 1. The Morgan fingerprint density at radius 1 is 1.16 bits per heavy atom. The van der Waals surface area contributed by atoms with Crippen molar-refractivity contribution in [3.8, 4) is 0 Å². The van der Waals surface area contributed by atoms with E-state index in [1.165, 1.54) is 5.56 Å². The van der Waals surface area contributed by atoms with E-state index in [0.717, 1.165) is 22.4 Å². The Morgan fingerprint density at radius 2 is 1.80 bits per heavy atom. The van der Waals surface area contributed by atoms with Gasteiger partial charge in [0.15, 0.2) is 0 Å². The lowest BCUT2D eigenvalue weighted by atomic mass is 10.1. The van der Waals surface area contributed by atoms with Crippen molar-refractivity contribution in [2.45, 2.75) is 26.9 Å². The molecule has 1 aliphatic rings. The Morgan fingerprint density at radius 3 is 2.44 bits per heavy atom. The molecule has 2 aromatic rings. The molecule has 25 heavy (non-hydrogen) atoms. The third-order valence-electron chi connectivity index (χ3n) is 4.50. The molecule has 0 saturated carbocycles. The van der Waals surface area contributed by atoms with Crippen LogP contribution in [0.5, 0.6) is 0 Å². The maximum atomic E-state index is 12.7. The van der Waals surface area contributed by atoms with Crippen LogP contribution in [0.3, 0.4) is 0 Å². The van der Waals surface area contributed by atoms with Gasteiger partial charge in [0.05, 0.1) is 13.2 Å². The largest absolute Gasteiger partial charge is 0.370 e. The molecule has 1 unspecified atom stereocenters. The molecular weight excluding hydrogens is 336 g/mol. The minimum absolute atomic E-state index is 0.0858. The van der Waals surface area contributed by atoms with Gasteiger partial charge in [0.1, 0.15) is 6.10 Å². The van der Waals surface area contributed by atoms with Crippen molar-refractivity contribution in [1.29, 1.82) is 0 Å². The predicted octanol–water partition coefficient (Wildman–Crippen LogP) is 4.87. The lowest BCUT2D eigenvalue weighted by molar-refractivity contribution is -0.0135. The van der Waals surface area contributed by atoms with E-state index >= 15 is 0 Å². The van der Waals surface area contributed by atoms with E-state index in [-0.39, 0.29) is 12.1 Å². The Kier molecular flexibility index (Phi) is 5.30. The van der Waals surface area contributed by atoms with Crippen molar-refractivity contribution in [3.05, 3.63) is 63.7 Å². The van der Waals surface area contributed by atoms with Gasteiger partial charge in [-0.3, -0.25) is 0 Å². The number of nitrogens with zero attached hydrogens (tertiary/aromatic N) is 1. The molecule has 132 valence electrons. The maximum Gasteiger partial charge on any atom is 0.322 e. The van der Waals surface area contributed by atoms with Crippen molar-refractivity contribution in [3.63, 3.8) is 0 Å². The van der Waals surface area contributed by atoms with Gasteiger partial charge in [0, 0.05) is 17.3 Å². The number of anilines is 1. The molecule has 1 atom stereocenters. The number of hydrogen-bond donors (Lipinski definition) is 1. The summed E-state index contributed by atoms with van der Waals surface area (Å²) in [5.74, 6) is 0. The number of carbonyl (C=O) groups excluding carboxylic acids is 1. The summed E-state index contributed by atoms with van der Waals surface area (Å²) >= 11 is 5.95. The highest BCUT2D eigenvalue weighted by atomic mass is 35.5. The van der Waals surface area contributed by atoms with Crippen molar-refractivity contribution in [2.75, 3.05) is 25.0 Å². The summed E-state index contributed by atoms with van der Waals surface area (Å²) in [5.41, 5.74) is 5.28. The monoisotopic (exact) mass is 358 g/mol. The first-order chi connectivity index (χ1) is 11.9. The highest BCUT2D eigenvalue weighted by Gasteiger charge is 2.26. The molecule has 0 radical (unpaired) electrons. The zero-order valence-electron chi connectivity index (χ0n) is 14.8. The summed E-state index contributed by atoms with van der Waals surface area (Å²) in [6.07, 6.45) is -0.128. The van der Waals surface area contributed by atoms with Crippen LogP contribution in [-0.2, 0) is 4.74 Å². The normalized spacial score (nSPS) is 17.4. The molecule has 1 saturated heterocycles. The van der Waals surface area contributed by atoms with Crippen molar-refractivity contribution in [2.24, 2.45) is 0 Å². The van der Waals surface area contributed by atoms with Crippen LogP contribution >= 0.6 is 11.6 Å². The SMILES string of the molecule is Cc1cc(C)c(NC(=O)N2CCOC(c3ccc(Cl)cc3)C2)c(C)c1. The molecule has 4 nitrogen and oxygen atoms in total. The lowest BCUT2D eigenvalue weighted by Crippen LogP contribution is -2.44. The molecule has 0 aromatic heterocycles. The molecule has 0 spiro atoms. The zero-order chi connectivity index (χ0) is 18.0. The van der Waals surface area contributed by atoms with E-state index in [1.807, 2.05) is 43.0 Å². The number of carbonyl (C=O) groups is 1. The topological polar surface area (TPSA) is 41.6 Å². The van der Waals surface area contributed by atoms with Crippen molar-refractivity contribution >= 4 is 23.3 Å². The summed E-state index contributed by atoms with van der Waals surface area (Å²) < 4.78 is 5.83. The van der Waals surface area contributed by atoms with Gasteiger partial charge in [-0.2, -0.15) is 0 Å². The van der Waals surface area contributed by atoms with Crippen LogP contribution in [0.2, 0.25) is 5.02 Å². The number of hydrogen-bond acceptors (Lipinski definition) is 2. The van der Waals surface area contributed by atoms with Crippen LogP contribution < -0.4 is 5.32 Å². The molecule has 0 bridgehead atoms. The van der Waals surface area contributed by atoms with Crippen LogP contribution in [0.25, 0.3) is 0 Å². The number of halogens is 1. The average Bonchev–Trinajstić information content (AvgIpc) is 2.58. The van der Waals surface area contributed by atoms with Gasteiger partial charge in [-0.1, -0.05) is 41.4 Å². The Balaban J connectivity index is 1.71. The molecule has 1 heterocycles. The third-order valence-corrected chi connectivity index (χ3v) is 4.76. The average molecular weight is 359 g/mol. The minimum atomic E-state index is -0.128. The van der Waals surface area contributed by atoms with Gasteiger partial charge in [0.25, 0.3) is 0 Å². The molecule has 2 aromatic carbocycles. The Hall–Kier alpha value is -2.04. The fourth-order valence-electron chi connectivity index (χ4n) is 3.28. The summed E-state index contributed by atoms with van der Waals surface area (Å²) in [5, 5.41) is 3.76. The van der Waals surface area contributed by atoms with E-state index in [1.54, 1.807) is 0 Å². The molecule has 1 fully saturated rings. The van der Waals surface area contributed by atoms with Crippen LogP contribution in [0.1, 0.15) is 28.4 Å². The molecule has 5 heteroatoms. The first-order valence-corrected chi connectivity index (χ1v) is 8.82. The van der Waals surface area contributed by atoms with Gasteiger partial charge >= 0.3 is 6.03 Å². The van der Waals surface area contributed by atoms with Gasteiger partial charge in [-0.05, 0) is 49.6 Å². The first-order valence-electron chi connectivity index (χ1n) is 8.45. The molecule has 0 aliphatic carbocycles. The smallest absolute Gasteiger partial charge is 0.322 e. The second-order valence-corrected chi connectivity index (χ2v) is 7.00. The quantitative estimate of drug-likeness (QED) is 0.832. The Bertz CT molecular complexity index is 751. The molecule has 1 aliphatic heterocycles. The third kappa shape index (κ3) is 4.14. The van der Waals surface area contributed by atoms with E-state index in [9.17, 15) is 4.79 Å². The van der Waals surface area contributed by atoms with E-state index in [0.29, 0.717) is 24.7 Å². The number of aryl methyl sites for hydroxylation is 3. The lowest BCUT2D eigenvalue weighted by Gasteiger charge is -2.33. The molecule has 3 rings (SSSR count). The fraction of sp³-hybridized carbons (Fsp3) is 0.350. The Labute approximate surface area is 153 Å². The standard InChI is InChI=1S/C20H23ClN2O2/c1-13-10-14(2)19(15(3)11-13)22-20(24)23-8-9-25-18(12-23)16-4-6-17(21)7-5-16/h4-7,10-11,18H,8-9,12H2,1-3H3,(H,22,24). The summed E-state index contributed by atoms with van der Waals surface area (Å²) in [4.78, 5) is 14.5. The summed E-state index contributed by atoms with van der Waals surface area (Å²) in [6, 6.07) is 11.7. The number of nitrogens with one attached hydrogen (secondary N) is 1. The van der Waals surface area contributed by atoms with Gasteiger partial charge in [-0.15, -0.1) is 0 Å². The molecular formula is C20H23ClN2O2. The fourth-order valence-corrected chi connectivity index (χ4v) is 3.40. The zero-order valence-corrected chi connectivity index (χ0v) is 15.6. The van der Waals surface area contributed by atoms with Crippen molar-refractivity contribution < 1.29 is 9.53 Å². The number of benzene rings is 2. The second-order valence-electron chi connectivity index (χ2n) is 6.56. The summed E-state index contributed by atoms with van der Waals surface area (Å²) in [7, 11) is 0. The molecule has 2 amide bonds. The van der Waals surface area contributed by atoms with Crippen LogP contribution in [0, 0.1) is 20.8 Å². The maximum absolute atomic E-state index is 12.7. The number of urea groups is 1. The van der Waals surface area contributed by atoms with Gasteiger partial charge in [-0.25, -0.2) is 4.79 Å².